The fourth-order valence-electron chi connectivity index (χ4n) is 5.25. The highest BCUT2D eigenvalue weighted by molar-refractivity contribution is 5.77. The van der Waals surface area contributed by atoms with E-state index in [0.29, 0.717) is 34.5 Å². The maximum atomic E-state index is 13.2. The van der Waals surface area contributed by atoms with Gasteiger partial charge in [-0.05, 0) is 50.2 Å². The van der Waals surface area contributed by atoms with Crippen molar-refractivity contribution >= 4 is 28.4 Å². The standard InChI is InChI=1S/C29H35N9O2/c1-4-12-37-27(39)23-19-31-28(34-26(23)38(37)25-7-5-6-24(33-25)29(2,3)40)32-20-8-10-21(11-9-20)35-13-15-36(16-14-35)22-17-30-18-22/h4-11,19,22,30,40H,1,12-18H2,2-3H3,(H,31,32,34). The van der Waals surface area contributed by atoms with Gasteiger partial charge in [-0.15, -0.1) is 6.58 Å². The fourth-order valence-corrected chi connectivity index (χ4v) is 5.25. The maximum Gasteiger partial charge on any atom is 0.278 e. The number of anilines is 3. The van der Waals surface area contributed by atoms with Crippen LogP contribution >= 0.6 is 0 Å². The van der Waals surface area contributed by atoms with Gasteiger partial charge in [-0.25, -0.2) is 19.3 Å². The van der Waals surface area contributed by atoms with E-state index < -0.39 is 5.60 Å². The molecule has 11 nitrogen and oxygen atoms in total. The minimum Gasteiger partial charge on any atom is -0.384 e. The third-order valence-electron chi connectivity index (χ3n) is 7.63. The van der Waals surface area contributed by atoms with E-state index in [1.807, 2.05) is 12.1 Å². The molecule has 1 aromatic carbocycles. The molecular formula is C29H35N9O2. The summed E-state index contributed by atoms with van der Waals surface area (Å²) in [6.07, 6.45) is 3.18. The van der Waals surface area contributed by atoms with Crippen LogP contribution in [0.4, 0.5) is 17.3 Å². The number of pyridine rings is 1. The van der Waals surface area contributed by atoms with Gasteiger partial charge in [-0.1, -0.05) is 12.1 Å². The molecule has 6 rings (SSSR count). The largest absolute Gasteiger partial charge is 0.384 e. The molecule has 3 aromatic heterocycles. The normalized spacial score (nSPS) is 16.7. The van der Waals surface area contributed by atoms with Crippen molar-refractivity contribution < 1.29 is 5.11 Å². The summed E-state index contributed by atoms with van der Waals surface area (Å²) in [5, 5.41) is 17.5. The molecule has 208 valence electrons. The van der Waals surface area contributed by atoms with Crippen LogP contribution in [0.3, 0.4) is 0 Å². The zero-order valence-corrected chi connectivity index (χ0v) is 22.9. The van der Waals surface area contributed by atoms with Gasteiger partial charge in [-0.3, -0.25) is 9.69 Å². The molecule has 0 atom stereocenters. The second-order valence-electron chi connectivity index (χ2n) is 10.9. The maximum absolute atomic E-state index is 13.2. The third-order valence-corrected chi connectivity index (χ3v) is 7.63. The molecule has 0 bridgehead atoms. The van der Waals surface area contributed by atoms with Gasteiger partial charge >= 0.3 is 0 Å². The van der Waals surface area contributed by atoms with Crippen LogP contribution in [0.2, 0.25) is 0 Å². The number of benzene rings is 1. The lowest BCUT2D eigenvalue weighted by molar-refractivity contribution is 0.0738. The fraction of sp³-hybridized carbons (Fsp3) is 0.379. The molecule has 0 amide bonds. The Morgan fingerprint density at radius 1 is 1.10 bits per heavy atom. The van der Waals surface area contributed by atoms with Gasteiger partial charge in [0.05, 0.1) is 12.2 Å². The molecule has 0 saturated carbocycles. The van der Waals surface area contributed by atoms with Crippen LogP contribution in [-0.2, 0) is 12.1 Å². The molecule has 0 spiro atoms. The molecule has 2 fully saturated rings. The first kappa shape index (κ1) is 26.2. The molecule has 0 unspecified atom stereocenters. The Morgan fingerprint density at radius 3 is 2.50 bits per heavy atom. The molecule has 3 N–H and O–H groups in total. The molecule has 5 heterocycles. The number of nitrogens with one attached hydrogen (secondary N) is 2. The molecule has 40 heavy (non-hydrogen) atoms. The predicted octanol–water partition coefficient (Wildman–Crippen LogP) is 2.23. The summed E-state index contributed by atoms with van der Waals surface area (Å²) in [5.41, 5.74) is 1.57. The summed E-state index contributed by atoms with van der Waals surface area (Å²) in [7, 11) is 0. The number of aromatic nitrogens is 5. The second kappa shape index (κ2) is 10.5. The van der Waals surface area contributed by atoms with Crippen LogP contribution in [0.1, 0.15) is 19.5 Å². The van der Waals surface area contributed by atoms with Gasteiger partial charge in [0.2, 0.25) is 5.95 Å². The van der Waals surface area contributed by atoms with E-state index in [9.17, 15) is 9.90 Å². The smallest absolute Gasteiger partial charge is 0.278 e. The molecule has 2 aliphatic rings. The zero-order chi connectivity index (χ0) is 27.9. The van der Waals surface area contributed by atoms with Gasteiger partial charge in [-0.2, -0.15) is 4.98 Å². The lowest BCUT2D eigenvalue weighted by Gasteiger charge is -2.43. The van der Waals surface area contributed by atoms with Crippen LogP contribution in [0.25, 0.3) is 16.9 Å². The lowest BCUT2D eigenvalue weighted by Crippen LogP contribution is -2.61. The molecule has 2 saturated heterocycles. The second-order valence-corrected chi connectivity index (χ2v) is 10.9. The number of aliphatic hydroxyl groups is 1. The van der Waals surface area contributed by atoms with Crippen molar-refractivity contribution in [2.45, 2.75) is 32.0 Å². The molecule has 2 aliphatic heterocycles. The third kappa shape index (κ3) is 4.99. The number of hydrogen-bond donors (Lipinski definition) is 3. The topological polar surface area (TPSA) is 116 Å². The van der Waals surface area contributed by atoms with E-state index in [-0.39, 0.29) is 12.1 Å². The zero-order valence-electron chi connectivity index (χ0n) is 22.9. The van der Waals surface area contributed by atoms with Crippen LogP contribution in [-0.4, -0.2) is 79.6 Å². The highest BCUT2D eigenvalue weighted by atomic mass is 16.3. The van der Waals surface area contributed by atoms with Gasteiger partial charge in [0.15, 0.2) is 11.5 Å². The van der Waals surface area contributed by atoms with Crippen molar-refractivity contribution in [2.75, 3.05) is 49.5 Å². The van der Waals surface area contributed by atoms with Gasteiger partial charge in [0.1, 0.15) is 11.0 Å². The minimum absolute atomic E-state index is 0.241. The van der Waals surface area contributed by atoms with E-state index in [0.717, 1.165) is 45.0 Å². The number of rotatable bonds is 8. The Bertz CT molecular complexity index is 1570. The highest BCUT2D eigenvalue weighted by Gasteiger charge is 2.28. The van der Waals surface area contributed by atoms with Crippen molar-refractivity contribution in [3.63, 3.8) is 0 Å². The van der Waals surface area contributed by atoms with E-state index in [1.165, 1.54) is 16.6 Å². The van der Waals surface area contributed by atoms with E-state index in [1.54, 1.807) is 42.8 Å². The first-order valence-corrected chi connectivity index (χ1v) is 13.7. The summed E-state index contributed by atoms with van der Waals surface area (Å²) in [5.74, 6) is 0.836. The van der Waals surface area contributed by atoms with E-state index >= 15 is 0 Å². The first-order valence-electron chi connectivity index (χ1n) is 13.7. The summed E-state index contributed by atoms with van der Waals surface area (Å²) < 4.78 is 3.17. The van der Waals surface area contributed by atoms with Gasteiger partial charge in [0, 0.05) is 62.9 Å². The monoisotopic (exact) mass is 541 g/mol. The summed E-state index contributed by atoms with van der Waals surface area (Å²) in [6, 6.07) is 14.3. The Hall–Kier alpha value is -4.06. The molecule has 0 aliphatic carbocycles. The van der Waals surface area contributed by atoms with Crippen LogP contribution in [0.15, 0.2) is 66.1 Å². The van der Waals surface area contributed by atoms with Crippen molar-refractivity contribution in [3.8, 4) is 5.82 Å². The molecule has 0 radical (unpaired) electrons. The SMILES string of the molecule is C=CCn1c(=O)c2cnc(Nc3ccc(N4CCN(C5CNC5)CC4)cc3)nc2n1-c1cccc(C(C)(C)O)n1. The summed E-state index contributed by atoms with van der Waals surface area (Å²) in [4.78, 5) is 32.0. The van der Waals surface area contributed by atoms with Crippen LogP contribution in [0, 0.1) is 0 Å². The van der Waals surface area contributed by atoms with Crippen molar-refractivity contribution in [1.29, 1.82) is 0 Å². The minimum atomic E-state index is -1.14. The van der Waals surface area contributed by atoms with Gasteiger partial charge in [0.25, 0.3) is 5.56 Å². The van der Waals surface area contributed by atoms with E-state index in [4.69, 9.17) is 4.98 Å². The van der Waals surface area contributed by atoms with Crippen molar-refractivity contribution in [2.24, 2.45) is 0 Å². The lowest BCUT2D eigenvalue weighted by atomic mass is 10.1. The number of allylic oxidation sites excluding steroid dienone is 1. The molecule has 11 heteroatoms. The Balaban J connectivity index is 1.26. The van der Waals surface area contributed by atoms with Crippen molar-refractivity contribution in [3.05, 3.63) is 77.4 Å². The summed E-state index contributed by atoms with van der Waals surface area (Å²) >= 11 is 0. The number of piperazine rings is 1. The quantitative estimate of drug-likeness (QED) is 0.289. The van der Waals surface area contributed by atoms with Crippen LogP contribution in [0.5, 0.6) is 0 Å². The molecular weight excluding hydrogens is 506 g/mol. The van der Waals surface area contributed by atoms with Crippen LogP contribution < -0.4 is 21.1 Å². The molecule has 4 aromatic rings. The Morgan fingerprint density at radius 2 is 1.85 bits per heavy atom. The summed E-state index contributed by atoms with van der Waals surface area (Å²) in [6.45, 7) is 13.8. The number of fused-ring (bicyclic) bond motifs is 1. The first-order chi connectivity index (χ1) is 19.3. The predicted molar refractivity (Wildman–Crippen MR) is 157 cm³/mol. The number of hydrogen-bond acceptors (Lipinski definition) is 9. The van der Waals surface area contributed by atoms with E-state index in [2.05, 4.69) is 49.1 Å². The van der Waals surface area contributed by atoms with Gasteiger partial charge < -0.3 is 20.6 Å². The highest BCUT2D eigenvalue weighted by Crippen LogP contribution is 2.24. The number of nitrogens with zero attached hydrogens (tertiary/aromatic N) is 7. The Labute approximate surface area is 232 Å². The average molecular weight is 542 g/mol. The average Bonchev–Trinajstić information content (AvgIpc) is 3.19. The van der Waals surface area contributed by atoms with Crippen molar-refractivity contribution in [1.82, 2.24) is 34.5 Å². The Kier molecular flexibility index (Phi) is 6.87.